The number of hydrogen-bond donors (Lipinski definition) is 2. The van der Waals surface area contributed by atoms with Gasteiger partial charge >= 0.3 is 0 Å². The van der Waals surface area contributed by atoms with Crippen molar-refractivity contribution in [1.29, 1.82) is 0 Å². The van der Waals surface area contributed by atoms with Gasteiger partial charge in [0, 0.05) is 11.1 Å². The molecule has 5 nitrogen and oxygen atoms in total. The van der Waals surface area contributed by atoms with Crippen LogP contribution in [0.1, 0.15) is 5.69 Å². The predicted molar refractivity (Wildman–Crippen MR) is 83.7 cm³/mol. The average Bonchev–Trinajstić information content (AvgIpc) is 2.90. The van der Waals surface area contributed by atoms with Gasteiger partial charge in [-0.15, -0.1) is 0 Å². The molecule has 21 heavy (non-hydrogen) atoms. The smallest absolute Gasteiger partial charge is 0.162 e. The van der Waals surface area contributed by atoms with E-state index in [-0.39, 0.29) is 0 Å². The average molecular weight is 275 g/mol. The van der Waals surface area contributed by atoms with Crippen LogP contribution in [0, 0.1) is 6.92 Å². The van der Waals surface area contributed by atoms with E-state index >= 15 is 0 Å². The van der Waals surface area contributed by atoms with E-state index in [9.17, 15) is 0 Å². The fourth-order valence-electron chi connectivity index (χ4n) is 2.51. The number of fused-ring (bicyclic) bond motifs is 2. The Labute approximate surface area is 121 Å². The summed E-state index contributed by atoms with van der Waals surface area (Å²) in [6.45, 7) is 1.95. The minimum absolute atomic E-state index is 0.709. The Morgan fingerprint density at radius 2 is 1.81 bits per heavy atom. The topological polar surface area (TPSA) is 66.5 Å². The van der Waals surface area contributed by atoms with E-state index in [1.807, 2.05) is 31.2 Å². The lowest BCUT2D eigenvalue weighted by molar-refractivity contribution is 1.07. The minimum atomic E-state index is 0.709. The van der Waals surface area contributed by atoms with Crippen molar-refractivity contribution in [1.82, 2.24) is 20.2 Å². The molecule has 2 N–H and O–H groups in total. The molecule has 102 valence electrons. The summed E-state index contributed by atoms with van der Waals surface area (Å²) in [6.07, 6.45) is 1.55. The summed E-state index contributed by atoms with van der Waals surface area (Å²) in [7, 11) is 0. The molecule has 0 unspecified atom stereocenters. The van der Waals surface area contributed by atoms with Crippen LogP contribution in [-0.4, -0.2) is 20.2 Å². The summed E-state index contributed by atoms with van der Waals surface area (Å²) >= 11 is 0. The van der Waals surface area contributed by atoms with Crippen LogP contribution in [0.25, 0.3) is 21.8 Å². The largest absolute Gasteiger partial charge is 0.338 e. The highest BCUT2D eigenvalue weighted by molar-refractivity contribution is 5.97. The van der Waals surface area contributed by atoms with E-state index in [1.165, 1.54) is 5.39 Å². The number of nitrogens with one attached hydrogen (secondary N) is 2. The van der Waals surface area contributed by atoms with Crippen molar-refractivity contribution >= 4 is 33.3 Å². The molecule has 2 heterocycles. The number of H-pyrrole nitrogens is 1. The van der Waals surface area contributed by atoms with Gasteiger partial charge in [-0.3, -0.25) is 5.10 Å². The first-order valence-electron chi connectivity index (χ1n) is 6.73. The number of aromatic amines is 1. The van der Waals surface area contributed by atoms with Crippen molar-refractivity contribution in [3.63, 3.8) is 0 Å². The maximum Gasteiger partial charge on any atom is 0.162 e. The van der Waals surface area contributed by atoms with Crippen LogP contribution in [0.3, 0.4) is 0 Å². The van der Waals surface area contributed by atoms with Crippen LogP contribution in [0.2, 0.25) is 0 Å². The fourth-order valence-corrected chi connectivity index (χ4v) is 2.51. The molecular weight excluding hydrogens is 262 g/mol. The van der Waals surface area contributed by atoms with Crippen LogP contribution in [-0.2, 0) is 0 Å². The van der Waals surface area contributed by atoms with Crippen molar-refractivity contribution in [3.8, 4) is 0 Å². The van der Waals surface area contributed by atoms with Gasteiger partial charge in [-0.05, 0) is 18.4 Å². The maximum absolute atomic E-state index is 4.32. The van der Waals surface area contributed by atoms with Crippen molar-refractivity contribution in [2.24, 2.45) is 0 Å². The number of aromatic nitrogens is 4. The zero-order chi connectivity index (χ0) is 14.2. The van der Waals surface area contributed by atoms with E-state index < -0.39 is 0 Å². The number of rotatable bonds is 2. The highest BCUT2D eigenvalue weighted by Crippen LogP contribution is 2.28. The van der Waals surface area contributed by atoms with Gasteiger partial charge in [-0.25, -0.2) is 9.97 Å². The van der Waals surface area contributed by atoms with E-state index in [2.05, 4.69) is 43.7 Å². The third kappa shape index (κ3) is 1.90. The zero-order valence-electron chi connectivity index (χ0n) is 11.5. The first-order valence-corrected chi connectivity index (χ1v) is 6.73. The monoisotopic (exact) mass is 275 g/mol. The molecule has 0 fully saturated rings. The van der Waals surface area contributed by atoms with Gasteiger partial charge in [-0.1, -0.05) is 36.4 Å². The molecule has 5 heteroatoms. The summed E-state index contributed by atoms with van der Waals surface area (Å²) in [5.41, 5.74) is 3.54. The van der Waals surface area contributed by atoms with Gasteiger partial charge in [0.1, 0.15) is 11.8 Å². The van der Waals surface area contributed by atoms with Crippen LogP contribution >= 0.6 is 0 Å². The Morgan fingerprint density at radius 3 is 2.76 bits per heavy atom. The van der Waals surface area contributed by atoms with Crippen molar-refractivity contribution in [3.05, 3.63) is 54.5 Å². The van der Waals surface area contributed by atoms with Crippen LogP contribution in [0.4, 0.5) is 11.5 Å². The Bertz CT molecular complexity index is 936. The summed E-state index contributed by atoms with van der Waals surface area (Å²) < 4.78 is 0. The fraction of sp³-hybridized carbons (Fsp3) is 0.0625. The van der Waals surface area contributed by atoms with Gasteiger partial charge in [-0.2, -0.15) is 5.10 Å². The second kappa shape index (κ2) is 4.56. The lowest BCUT2D eigenvalue weighted by Gasteiger charge is -2.09. The first kappa shape index (κ1) is 11.8. The lowest BCUT2D eigenvalue weighted by Crippen LogP contribution is -1.96. The van der Waals surface area contributed by atoms with E-state index in [1.54, 1.807) is 6.33 Å². The van der Waals surface area contributed by atoms with Crippen molar-refractivity contribution in [2.45, 2.75) is 6.92 Å². The Hall–Kier alpha value is -2.95. The molecule has 2 aromatic heterocycles. The molecule has 0 amide bonds. The molecule has 0 saturated carbocycles. The number of aryl methyl sites for hydroxylation is 1. The highest BCUT2D eigenvalue weighted by atomic mass is 15.2. The standard InChI is InChI=1S/C16H13N5/c1-10-14-15(21-20-10)16(18-9-17-14)19-13-8-4-6-11-5-2-3-7-12(11)13/h2-9H,1H3,(H,20,21)(H,17,18,19). The summed E-state index contributed by atoms with van der Waals surface area (Å²) in [5.74, 6) is 0.709. The lowest BCUT2D eigenvalue weighted by atomic mass is 10.1. The van der Waals surface area contributed by atoms with E-state index in [0.717, 1.165) is 27.8 Å². The number of benzene rings is 2. The number of anilines is 2. The molecule has 0 aliphatic heterocycles. The van der Waals surface area contributed by atoms with Crippen LogP contribution in [0.5, 0.6) is 0 Å². The van der Waals surface area contributed by atoms with Gasteiger partial charge in [0.2, 0.25) is 0 Å². The van der Waals surface area contributed by atoms with Gasteiger partial charge in [0.15, 0.2) is 11.3 Å². The maximum atomic E-state index is 4.32. The Kier molecular flexibility index (Phi) is 2.57. The number of hydrogen-bond acceptors (Lipinski definition) is 4. The molecular formula is C16H13N5. The highest BCUT2D eigenvalue weighted by Gasteiger charge is 2.10. The van der Waals surface area contributed by atoms with Crippen molar-refractivity contribution < 1.29 is 0 Å². The molecule has 0 spiro atoms. The van der Waals surface area contributed by atoms with Gasteiger partial charge in [0.25, 0.3) is 0 Å². The predicted octanol–water partition coefficient (Wildman–Crippen LogP) is 3.56. The van der Waals surface area contributed by atoms with Crippen molar-refractivity contribution in [2.75, 3.05) is 5.32 Å². The zero-order valence-corrected chi connectivity index (χ0v) is 11.5. The molecule has 0 radical (unpaired) electrons. The molecule has 0 bridgehead atoms. The molecule has 0 atom stereocenters. The van der Waals surface area contributed by atoms with E-state index in [0.29, 0.717) is 5.82 Å². The van der Waals surface area contributed by atoms with Gasteiger partial charge < -0.3 is 5.32 Å². The SMILES string of the molecule is Cc1[nH]nc2c(Nc3cccc4ccccc34)ncnc12. The molecule has 4 rings (SSSR count). The third-order valence-electron chi connectivity index (χ3n) is 3.56. The Morgan fingerprint density at radius 1 is 0.952 bits per heavy atom. The quantitative estimate of drug-likeness (QED) is 0.587. The second-order valence-corrected chi connectivity index (χ2v) is 4.92. The van der Waals surface area contributed by atoms with Gasteiger partial charge in [0.05, 0.1) is 5.69 Å². The van der Waals surface area contributed by atoms with E-state index in [4.69, 9.17) is 0 Å². The summed E-state index contributed by atoms with van der Waals surface area (Å²) in [6, 6.07) is 14.4. The third-order valence-corrected chi connectivity index (χ3v) is 3.56. The second-order valence-electron chi connectivity index (χ2n) is 4.92. The Balaban J connectivity index is 1.87. The minimum Gasteiger partial charge on any atom is -0.338 e. The summed E-state index contributed by atoms with van der Waals surface area (Å²) in [5, 5.41) is 12.9. The van der Waals surface area contributed by atoms with Crippen LogP contribution < -0.4 is 5.32 Å². The molecule has 0 saturated heterocycles. The normalized spacial score (nSPS) is 11.1. The molecule has 0 aliphatic rings. The number of nitrogens with zero attached hydrogens (tertiary/aromatic N) is 3. The molecule has 4 aromatic rings. The molecule has 2 aromatic carbocycles. The molecule has 0 aliphatic carbocycles. The summed E-state index contributed by atoms with van der Waals surface area (Å²) in [4.78, 5) is 8.58. The van der Waals surface area contributed by atoms with Crippen LogP contribution in [0.15, 0.2) is 48.8 Å². The first-order chi connectivity index (χ1) is 10.3.